The van der Waals surface area contributed by atoms with Crippen molar-refractivity contribution in [3.05, 3.63) is 35.4 Å². The van der Waals surface area contributed by atoms with Crippen LogP contribution in [0.1, 0.15) is 23.7 Å². The zero-order valence-electron chi connectivity index (χ0n) is 7.91. The van der Waals surface area contributed by atoms with Crippen molar-refractivity contribution in [1.29, 1.82) is 0 Å². The summed E-state index contributed by atoms with van der Waals surface area (Å²) in [7, 11) is 0. The molecule has 0 amide bonds. The van der Waals surface area contributed by atoms with Gasteiger partial charge < -0.3 is 0 Å². The molecule has 15 heavy (non-hydrogen) atoms. The molecule has 0 saturated heterocycles. The minimum atomic E-state index is -2.89. The Balaban J connectivity index is 2.87. The van der Waals surface area contributed by atoms with E-state index in [1.165, 1.54) is 0 Å². The lowest BCUT2D eigenvalue weighted by Gasteiger charge is -2.16. The number of benzene rings is 1. The Morgan fingerprint density at radius 3 is 2.40 bits per heavy atom. The lowest BCUT2D eigenvalue weighted by molar-refractivity contribution is 0.0128. The predicted octanol–water partition coefficient (Wildman–Crippen LogP) is 4.45. The minimum absolute atomic E-state index is 0.0397. The molecule has 1 aromatic carbocycles. The van der Waals surface area contributed by atoms with Crippen LogP contribution in [0.4, 0.5) is 17.6 Å². The van der Waals surface area contributed by atoms with Crippen molar-refractivity contribution in [3.8, 4) is 0 Å². The Bertz CT molecular complexity index is 346. The van der Waals surface area contributed by atoms with Crippen LogP contribution in [0.25, 0.3) is 0 Å². The van der Waals surface area contributed by atoms with Crippen molar-refractivity contribution < 1.29 is 17.6 Å². The first-order chi connectivity index (χ1) is 6.79. The molecule has 1 atom stereocenters. The molecule has 1 unspecified atom stereocenters. The Labute approximate surface area is 93.4 Å². The largest absolute Gasteiger partial charge is 0.246 e. The van der Waals surface area contributed by atoms with E-state index in [2.05, 4.69) is 15.9 Å². The molecule has 0 spiro atoms. The molecule has 0 nitrogen and oxygen atoms in total. The van der Waals surface area contributed by atoms with Gasteiger partial charge >= 0.3 is 0 Å². The van der Waals surface area contributed by atoms with E-state index < -0.39 is 28.8 Å². The molecule has 0 aliphatic rings. The average molecular weight is 285 g/mol. The van der Waals surface area contributed by atoms with Gasteiger partial charge in [0.2, 0.25) is 5.92 Å². The Morgan fingerprint density at radius 1 is 1.33 bits per heavy atom. The van der Waals surface area contributed by atoms with Crippen molar-refractivity contribution in [2.75, 3.05) is 0 Å². The summed E-state index contributed by atoms with van der Waals surface area (Å²) in [5.74, 6) is -4.44. The van der Waals surface area contributed by atoms with Crippen LogP contribution in [0.5, 0.6) is 0 Å². The summed E-state index contributed by atoms with van der Waals surface area (Å²) in [6, 6.07) is 2.88. The number of halogens is 5. The van der Waals surface area contributed by atoms with Crippen molar-refractivity contribution >= 4 is 15.9 Å². The van der Waals surface area contributed by atoms with Crippen LogP contribution in [-0.2, 0) is 0 Å². The minimum Gasteiger partial charge on any atom is -0.207 e. The van der Waals surface area contributed by atoms with Gasteiger partial charge in [-0.15, -0.1) is 0 Å². The summed E-state index contributed by atoms with van der Waals surface area (Å²) in [6.45, 7) is 0.753. The second kappa shape index (κ2) is 4.51. The topological polar surface area (TPSA) is 0 Å². The average Bonchev–Trinajstić information content (AvgIpc) is 1.99. The van der Waals surface area contributed by atoms with Gasteiger partial charge in [-0.2, -0.15) is 0 Å². The van der Waals surface area contributed by atoms with Crippen LogP contribution in [0, 0.1) is 11.6 Å². The van der Waals surface area contributed by atoms with E-state index in [0.29, 0.717) is 6.07 Å². The third kappa shape index (κ3) is 3.81. The zero-order valence-corrected chi connectivity index (χ0v) is 9.49. The second-order valence-electron chi connectivity index (χ2n) is 3.41. The quantitative estimate of drug-likeness (QED) is 0.568. The lowest BCUT2D eigenvalue weighted by Crippen LogP contribution is -2.13. The molecular formula is C10H9BrF4. The molecule has 5 heteroatoms. The number of hydrogen-bond donors (Lipinski definition) is 0. The lowest BCUT2D eigenvalue weighted by atomic mass is 10.1. The van der Waals surface area contributed by atoms with Crippen molar-refractivity contribution in [2.24, 2.45) is 0 Å². The summed E-state index contributed by atoms with van der Waals surface area (Å²) in [5.41, 5.74) is 0.0397. The van der Waals surface area contributed by atoms with Gasteiger partial charge in [0.25, 0.3) is 0 Å². The summed E-state index contributed by atoms with van der Waals surface area (Å²) >= 11 is 2.95. The van der Waals surface area contributed by atoms with Crippen LogP contribution in [-0.4, -0.2) is 5.92 Å². The van der Waals surface area contributed by atoms with E-state index in [4.69, 9.17) is 0 Å². The molecule has 0 radical (unpaired) electrons. The highest BCUT2D eigenvalue weighted by Crippen LogP contribution is 2.35. The van der Waals surface area contributed by atoms with Gasteiger partial charge in [-0.3, -0.25) is 0 Å². The molecule has 1 aromatic rings. The first kappa shape index (κ1) is 12.5. The maximum Gasteiger partial charge on any atom is 0.246 e. The predicted molar refractivity (Wildman–Crippen MR) is 53.3 cm³/mol. The molecule has 84 valence electrons. The van der Waals surface area contributed by atoms with E-state index in [0.717, 1.165) is 19.1 Å². The van der Waals surface area contributed by atoms with Gasteiger partial charge in [-0.1, -0.05) is 22.0 Å². The highest BCUT2D eigenvalue weighted by atomic mass is 79.9. The van der Waals surface area contributed by atoms with Crippen LogP contribution in [0.3, 0.4) is 0 Å². The fourth-order valence-corrected chi connectivity index (χ4v) is 2.12. The number of rotatable bonds is 3. The molecule has 0 aliphatic heterocycles. The van der Waals surface area contributed by atoms with E-state index in [1.807, 2.05) is 0 Å². The highest BCUT2D eigenvalue weighted by Gasteiger charge is 2.27. The third-order valence-electron chi connectivity index (χ3n) is 1.84. The van der Waals surface area contributed by atoms with Gasteiger partial charge in [-0.05, 0) is 13.0 Å². The smallest absolute Gasteiger partial charge is 0.207 e. The summed E-state index contributed by atoms with van der Waals surface area (Å²) < 4.78 is 51.0. The molecule has 1 rings (SSSR count). The zero-order chi connectivity index (χ0) is 11.6. The first-order valence-electron chi connectivity index (χ1n) is 4.26. The first-order valence-corrected chi connectivity index (χ1v) is 5.18. The fourth-order valence-electron chi connectivity index (χ4n) is 1.18. The van der Waals surface area contributed by atoms with E-state index in [1.54, 1.807) is 0 Å². The van der Waals surface area contributed by atoms with Gasteiger partial charge in [-0.25, -0.2) is 17.6 Å². The maximum absolute atomic E-state index is 13.2. The van der Waals surface area contributed by atoms with E-state index in [-0.39, 0.29) is 5.56 Å². The van der Waals surface area contributed by atoms with Gasteiger partial charge in [0.1, 0.15) is 11.6 Å². The maximum atomic E-state index is 13.2. The van der Waals surface area contributed by atoms with Crippen molar-refractivity contribution in [3.63, 3.8) is 0 Å². The SMILES string of the molecule is CC(F)(F)CC(Br)c1ccc(F)cc1F. The molecule has 0 aliphatic carbocycles. The van der Waals surface area contributed by atoms with Crippen LogP contribution < -0.4 is 0 Å². The Morgan fingerprint density at radius 2 is 1.93 bits per heavy atom. The van der Waals surface area contributed by atoms with Gasteiger partial charge in [0.15, 0.2) is 0 Å². The Kier molecular flexibility index (Phi) is 3.76. The van der Waals surface area contributed by atoms with Gasteiger partial charge in [0, 0.05) is 22.9 Å². The summed E-state index contributed by atoms with van der Waals surface area (Å²) in [4.78, 5) is -0.821. The molecular weight excluding hydrogens is 276 g/mol. The number of alkyl halides is 3. The molecule has 0 fully saturated rings. The monoisotopic (exact) mass is 284 g/mol. The second-order valence-corrected chi connectivity index (χ2v) is 4.51. The highest BCUT2D eigenvalue weighted by molar-refractivity contribution is 9.09. The van der Waals surface area contributed by atoms with Crippen molar-refractivity contribution in [2.45, 2.75) is 24.1 Å². The summed E-state index contributed by atoms with van der Waals surface area (Å²) in [6.07, 6.45) is -0.532. The fraction of sp³-hybridized carbons (Fsp3) is 0.400. The molecule has 0 saturated carbocycles. The molecule has 0 heterocycles. The number of hydrogen-bond acceptors (Lipinski definition) is 0. The molecule has 0 bridgehead atoms. The third-order valence-corrected chi connectivity index (χ3v) is 2.65. The van der Waals surface area contributed by atoms with Crippen LogP contribution >= 0.6 is 15.9 Å². The standard InChI is InChI=1S/C10H9BrF4/c1-10(14,15)5-8(11)7-3-2-6(12)4-9(7)13/h2-4,8H,5H2,1H3. The van der Waals surface area contributed by atoms with Crippen LogP contribution in [0.15, 0.2) is 18.2 Å². The van der Waals surface area contributed by atoms with E-state index in [9.17, 15) is 17.6 Å². The van der Waals surface area contributed by atoms with Crippen molar-refractivity contribution in [1.82, 2.24) is 0 Å². The molecule has 0 N–H and O–H groups in total. The van der Waals surface area contributed by atoms with E-state index >= 15 is 0 Å². The normalized spacial score (nSPS) is 14.0. The summed E-state index contributed by atoms with van der Waals surface area (Å²) in [5, 5.41) is 0. The van der Waals surface area contributed by atoms with Crippen LogP contribution in [0.2, 0.25) is 0 Å². The van der Waals surface area contributed by atoms with Gasteiger partial charge in [0.05, 0.1) is 0 Å². The Hall–Kier alpha value is -0.580. The molecule has 0 aromatic heterocycles.